The molecule has 0 unspecified atom stereocenters. The van der Waals surface area contributed by atoms with Crippen molar-refractivity contribution in [2.75, 3.05) is 5.32 Å². The monoisotopic (exact) mass is 235 g/mol. The van der Waals surface area contributed by atoms with Gasteiger partial charge in [0, 0.05) is 11.7 Å². The maximum atomic E-state index is 11.6. The summed E-state index contributed by atoms with van der Waals surface area (Å²) >= 11 is 0. The van der Waals surface area contributed by atoms with E-state index in [9.17, 15) is 9.59 Å². The number of nitrogens with one attached hydrogen (secondary N) is 2. The summed E-state index contributed by atoms with van der Waals surface area (Å²) in [6, 6.07) is 2.67. The van der Waals surface area contributed by atoms with Crippen molar-refractivity contribution >= 4 is 17.7 Å². The fraction of sp³-hybridized carbons (Fsp3) is 0.364. The lowest BCUT2D eigenvalue weighted by molar-refractivity contribution is 0.0692. The molecule has 1 fully saturated rings. The Kier molecular flexibility index (Phi) is 2.71. The molecule has 2 rings (SSSR count). The van der Waals surface area contributed by atoms with Crippen molar-refractivity contribution < 1.29 is 14.7 Å². The van der Waals surface area contributed by atoms with Crippen LogP contribution >= 0.6 is 0 Å². The van der Waals surface area contributed by atoms with Gasteiger partial charge in [-0.25, -0.2) is 14.6 Å². The molecule has 0 aromatic carbocycles. The average molecular weight is 235 g/mol. The van der Waals surface area contributed by atoms with Crippen LogP contribution in [0.15, 0.2) is 18.3 Å². The van der Waals surface area contributed by atoms with Gasteiger partial charge < -0.3 is 15.7 Å². The second-order valence-corrected chi connectivity index (χ2v) is 4.34. The van der Waals surface area contributed by atoms with Crippen LogP contribution in [0.5, 0.6) is 0 Å². The Labute approximate surface area is 98.1 Å². The fourth-order valence-electron chi connectivity index (χ4n) is 1.42. The molecule has 0 atom stereocenters. The number of urea groups is 1. The number of hydrogen-bond donors (Lipinski definition) is 3. The molecule has 6 nitrogen and oxygen atoms in total. The highest BCUT2D eigenvalue weighted by Crippen LogP contribution is 2.34. The van der Waals surface area contributed by atoms with Crippen LogP contribution in [0.4, 0.5) is 10.5 Å². The molecule has 17 heavy (non-hydrogen) atoms. The zero-order valence-corrected chi connectivity index (χ0v) is 9.36. The number of anilines is 1. The van der Waals surface area contributed by atoms with Crippen LogP contribution in [-0.2, 0) is 0 Å². The van der Waals surface area contributed by atoms with Crippen molar-refractivity contribution in [3.63, 3.8) is 0 Å². The van der Waals surface area contributed by atoms with E-state index in [0.717, 1.165) is 12.8 Å². The summed E-state index contributed by atoms with van der Waals surface area (Å²) < 4.78 is 0. The Morgan fingerprint density at radius 3 is 2.76 bits per heavy atom. The van der Waals surface area contributed by atoms with Crippen molar-refractivity contribution in [1.82, 2.24) is 10.3 Å². The number of amides is 2. The van der Waals surface area contributed by atoms with Crippen LogP contribution in [0, 0.1) is 0 Å². The van der Waals surface area contributed by atoms with E-state index < -0.39 is 12.0 Å². The number of aromatic carboxylic acids is 1. The quantitative estimate of drug-likeness (QED) is 0.739. The van der Waals surface area contributed by atoms with Gasteiger partial charge in [-0.1, -0.05) is 0 Å². The molecule has 1 aliphatic carbocycles. The number of nitrogens with zero attached hydrogens (tertiary/aromatic N) is 1. The largest absolute Gasteiger partial charge is 0.476 e. The summed E-state index contributed by atoms with van der Waals surface area (Å²) in [5, 5.41) is 14.2. The summed E-state index contributed by atoms with van der Waals surface area (Å²) in [7, 11) is 0. The van der Waals surface area contributed by atoms with Crippen LogP contribution in [0.3, 0.4) is 0 Å². The molecule has 0 radical (unpaired) electrons. The van der Waals surface area contributed by atoms with Crippen molar-refractivity contribution in [2.45, 2.75) is 25.3 Å². The predicted molar refractivity (Wildman–Crippen MR) is 61.0 cm³/mol. The molecule has 3 N–H and O–H groups in total. The second kappa shape index (κ2) is 4.04. The first-order valence-corrected chi connectivity index (χ1v) is 5.28. The lowest BCUT2D eigenvalue weighted by Crippen LogP contribution is -2.38. The van der Waals surface area contributed by atoms with Gasteiger partial charge >= 0.3 is 12.0 Å². The van der Waals surface area contributed by atoms with Gasteiger partial charge in [0.05, 0.1) is 5.69 Å². The molecule has 0 aliphatic heterocycles. The minimum absolute atomic E-state index is 0.143. The lowest BCUT2D eigenvalue weighted by Gasteiger charge is -2.13. The molecule has 2 amide bonds. The molecule has 1 aromatic heterocycles. The van der Waals surface area contributed by atoms with E-state index in [-0.39, 0.29) is 16.9 Å². The smallest absolute Gasteiger partial charge is 0.356 e. The van der Waals surface area contributed by atoms with Crippen LogP contribution in [0.2, 0.25) is 0 Å². The van der Waals surface area contributed by atoms with Gasteiger partial charge in [-0.2, -0.15) is 0 Å². The zero-order chi connectivity index (χ0) is 12.5. The Bertz CT molecular complexity index is 469. The Hall–Kier alpha value is -2.11. The predicted octanol–water partition coefficient (Wildman–Crippen LogP) is 1.45. The Balaban J connectivity index is 2.07. The highest BCUT2D eigenvalue weighted by Gasteiger charge is 2.38. The molecule has 0 saturated heterocycles. The van der Waals surface area contributed by atoms with E-state index in [1.165, 1.54) is 12.3 Å². The van der Waals surface area contributed by atoms with Crippen molar-refractivity contribution in [3.05, 3.63) is 24.0 Å². The van der Waals surface area contributed by atoms with Gasteiger partial charge in [-0.15, -0.1) is 0 Å². The third-order valence-corrected chi connectivity index (χ3v) is 2.67. The van der Waals surface area contributed by atoms with Gasteiger partial charge in [0.1, 0.15) is 0 Å². The topological polar surface area (TPSA) is 91.3 Å². The fourth-order valence-corrected chi connectivity index (χ4v) is 1.42. The average Bonchev–Trinajstić information content (AvgIpc) is 2.96. The molecule has 1 saturated carbocycles. The summed E-state index contributed by atoms with van der Waals surface area (Å²) in [5.41, 5.74) is -0.110. The van der Waals surface area contributed by atoms with Crippen LogP contribution in [-0.4, -0.2) is 27.6 Å². The molecule has 0 spiro atoms. The molecule has 6 heteroatoms. The summed E-state index contributed by atoms with van der Waals surface area (Å²) in [6.45, 7) is 1.94. The van der Waals surface area contributed by atoms with E-state index in [1.807, 2.05) is 6.92 Å². The van der Waals surface area contributed by atoms with E-state index in [4.69, 9.17) is 5.11 Å². The minimum Gasteiger partial charge on any atom is -0.476 e. The Morgan fingerprint density at radius 2 is 2.18 bits per heavy atom. The zero-order valence-electron chi connectivity index (χ0n) is 9.36. The second-order valence-electron chi connectivity index (χ2n) is 4.34. The molecule has 1 aliphatic rings. The molecular formula is C11H13N3O3. The van der Waals surface area contributed by atoms with E-state index in [2.05, 4.69) is 15.6 Å². The first-order chi connectivity index (χ1) is 8.00. The van der Waals surface area contributed by atoms with Crippen molar-refractivity contribution in [1.29, 1.82) is 0 Å². The number of pyridine rings is 1. The normalized spacial score (nSPS) is 16.1. The molecule has 1 aromatic rings. The van der Waals surface area contributed by atoms with Crippen LogP contribution in [0.1, 0.15) is 30.3 Å². The summed E-state index contributed by atoms with van der Waals surface area (Å²) in [4.78, 5) is 26.2. The molecular weight excluding hydrogens is 222 g/mol. The van der Waals surface area contributed by atoms with E-state index in [1.54, 1.807) is 6.07 Å². The maximum Gasteiger partial charge on any atom is 0.356 e. The van der Waals surface area contributed by atoms with Gasteiger partial charge in [0.2, 0.25) is 0 Å². The number of carboxylic acids is 1. The molecule has 1 heterocycles. The Morgan fingerprint density at radius 1 is 1.47 bits per heavy atom. The van der Waals surface area contributed by atoms with Crippen molar-refractivity contribution in [2.24, 2.45) is 0 Å². The number of carbonyl (C=O) groups is 2. The number of hydrogen-bond acceptors (Lipinski definition) is 3. The van der Waals surface area contributed by atoms with Crippen LogP contribution < -0.4 is 10.6 Å². The number of carboxylic acid groups (broad SMARTS) is 1. The van der Waals surface area contributed by atoms with E-state index in [0.29, 0.717) is 0 Å². The third-order valence-electron chi connectivity index (χ3n) is 2.67. The minimum atomic E-state index is -1.17. The van der Waals surface area contributed by atoms with Gasteiger partial charge in [-0.05, 0) is 31.9 Å². The standard InChI is InChI=1S/C11H13N3O3/c1-11(4-5-11)14-10(17)13-7-3-2-6-12-8(7)9(15)16/h2-3,6H,4-5H2,1H3,(H,15,16)(H2,13,14,17). The maximum absolute atomic E-state index is 11.6. The summed E-state index contributed by atoms with van der Waals surface area (Å²) in [6.07, 6.45) is 3.26. The highest BCUT2D eigenvalue weighted by molar-refractivity contribution is 5.98. The van der Waals surface area contributed by atoms with Crippen LogP contribution in [0.25, 0.3) is 0 Å². The van der Waals surface area contributed by atoms with Crippen molar-refractivity contribution in [3.8, 4) is 0 Å². The first-order valence-electron chi connectivity index (χ1n) is 5.28. The molecule has 90 valence electrons. The lowest BCUT2D eigenvalue weighted by atomic mass is 10.3. The SMILES string of the molecule is CC1(NC(=O)Nc2cccnc2C(=O)O)CC1. The number of rotatable bonds is 3. The third kappa shape index (κ3) is 2.72. The highest BCUT2D eigenvalue weighted by atomic mass is 16.4. The van der Waals surface area contributed by atoms with Gasteiger partial charge in [0.25, 0.3) is 0 Å². The number of carbonyl (C=O) groups excluding carboxylic acids is 1. The van der Waals surface area contributed by atoms with Gasteiger partial charge in [0.15, 0.2) is 5.69 Å². The van der Waals surface area contributed by atoms with E-state index >= 15 is 0 Å². The summed E-state index contributed by atoms with van der Waals surface area (Å²) in [5.74, 6) is -1.17. The molecule has 0 bridgehead atoms. The van der Waals surface area contributed by atoms with Gasteiger partial charge in [-0.3, -0.25) is 0 Å². The first kappa shape index (κ1) is 11.4. The number of aromatic nitrogens is 1.